The lowest BCUT2D eigenvalue weighted by atomic mass is 10.2. The number of hydrogen-bond acceptors (Lipinski definition) is 4. The number of hydrazine groups is 1. The fourth-order valence-electron chi connectivity index (χ4n) is 1.62. The summed E-state index contributed by atoms with van der Waals surface area (Å²) in [6.45, 7) is 2.11. The Kier molecular flexibility index (Phi) is 5.26. The molecule has 2 rings (SSSR count). The Bertz CT molecular complexity index is 513. The molecule has 0 aliphatic rings. The van der Waals surface area contributed by atoms with E-state index in [0.29, 0.717) is 0 Å². The Labute approximate surface area is 124 Å². The van der Waals surface area contributed by atoms with Crippen LogP contribution in [0.1, 0.15) is 16.5 Å². The summed E-state index contributed by atoms with van der Waals surface area (Å²) in [6.07, 6.45) is 0. The number of hydrogen-bond donors (Lipinski definition) is 2. The van der Waals surface area contributed by atoms with E-state index in [9.17, 15) is 0 Å². The highest BCUT2D eigenvalue weighted by Gasteiger charge is 2.11. The molecular weight excluding hydrogens is 328 g/mol. The Morgan fingerprint density at radius 2 is 2.28 bits per heavy atom. The minimum atomic E-state index is 0.193. The third-order valence-electron chi connectivity index (χ3n) is 2.57. The first kappa shape index (κ1) is 14.1. The molecule has 2 aromatic rings. The van der Waals surface area contributed by atoms with Crippen LogP contribution < -0.4 is 11.3 Å². The van der Waals surface area contributed by atoms with E-state index < -0.39 is 0 Å². The van der Waals surface area contributed by atoms with Gasteiger partial charge in [0.2, 0.25) is 0 Å². The van der Waals surface area contributed by atoms with Crippen molar-refractivity contribution in [2.75, 3.05) is 5.75 Å². The third-order valence-corrected chi connectivity index (χ3v) is 5.03. The van der Waals surface area contributed by atoms with E-state index in [1.54, 1.807) is 23.1 Å². The molecule has 2 nitrogen and oxygen atoms in total. The molecule has 1 heterocycles. The molecule has 18 heavy (non-hydrogen) atoms. The summed E-state index contributed by atoms with van der Waals surface area (Å²) in [7, 11) is 0. The quantitative estimate of drug-likeness (QED) is 0.487. The van der Waals surface area contributed by atoms with Gasteiger partial charge in [0.15, 0.2) is 0 Å². The van der Waals surface area contributed by atoms with Crippen LogP contribution in [-0.4, -0.2) is 5.75 Å². The van der Waals surface area contributed by atoms with E-state index in [0.717, 1.165) is 10.2 Å². The third kappa shape index (κ3) is 3.83. The van der Waals surface area contributed by atoms with Crippen LogP contribution in [-0.2, 0) is 0 Å². The highest BCUT2D eigenvalue weighted by Crippen LogP contribution is 2.28. The molecule has 1 aromatic heterocycles. The normalized spacial score (nSPS) is 12.6. The maximum Gasteiger partial charge on any atom is 0.0562 e. The fourth-order valence-corrected chi connectivity index (χ4v) is 3.97. The van der Waals surface area contributed by atoms with Crippen LogP contribution in [0.25, 0.3) is 0 Å². The molecule has 1 atom stereocenters. The highest BCUT2D eigenvalue weighted by molar-refractivity contribution is 9.10. The molecule has 5 heteroatoms. The highest BCUT2D eigenvalue weighted by atomic mass is 79.9. The van der Waals surface area contributed by atoms with Crippen molar-refractivity contribution < 1.29 is 0 Å². The zero-order chi connectivity index (χ0) is 13.0. The van der Waals surface area contributed by atoms with Crippen LogP contribution in [0.15, 0.2) is 45.1 Å². The van der Waals surface area contributed by atoms with Crippen molar-refractivity contribution in [3.05, 3.63) is 50.6 Å². The monoisotopic (exact) mass is 342 g/mol. The molecule has 0 saturated carbocycles. The van der Waals surface area contributed by atoms with Crippen LogP contribution in [0.5, 0.6) is 0 Å². The Morgan fingerprint density at radius 3 is 2.89 bits per heavy atom. The van der Waals surface area contributed by atoms with Crippen molar-refractivity contribution >= 4 is 39.0 Å². The maximum atomic E-state index is 5.64. The number of rotatable bonds is 5. The first-order valence-electron chi connectivity index (χ1n) is 5.58. The standard InChI is InChI=1S/C13H15BrN2S2/c1-9-5-10(7-17-9)13(16-15)8-18-12-4-2-3-11(14)6-12/h2-7,13,16H,8,15H2,1H3. The van der Waals surface area contributed by atoms with Gasteiger partial charge in [0.1, 0.15) is 0 Å². The van der Waals surface area contributed by atoms with Gasteiger partial charge in [-0.05, 0) is 42.1 Å². The van der Waals surface area contributed by atoms with Gasteiger partial charge < -0.3 is 0 Å². The van der Waals surface area contributed by atoms with Crippen molar-refractivity contribution in [1.29, 1.82) is 0 Å². The smallest absolute Gasteiger partial charge is 0.0562 e. The molecule has 1 unspecified atom stereocenters. The first-order chi connectivity index (χ1) is 8.69. The number of nitrogens with one attached hydrogen (secondary N) is 1. The molecule has 0 bridgehead atoms. The molecule has 0 saturated heterocycles. The van der Waals surface area contributed by atoms with Gasteiger partial charge in [-0.2, -0.15) is 0 Å². The number of aryl methyl sites for hydroxylation is 1. The zero-order valence-corrected chi connectivity index (χ0v) is 13.2. The molecule has 96 valence electrons. The van der Waals surface area contributed by atoms with Crippen LogP contribution in [0.3, 0.4) is 0 Å². The first-order valence-corrected chi connectivity index (χ1v) is 8.24. The Balaban J connectivity index is 1.99. The molecule has 0 amide bonds. The number of benzene rings is 1. The van der Waals surface area contributed by atoms with Crippen molar-refractivity contribution in [1.82, 2.24) is 5.43 Å². The van der Waals surface area contributed by atoms with E-state index in [2.05, 4.69) is 51.9 Å². The summed E-state index contributed by atoms with van der Waals surface area (Å²) in [5, 5.41) is 2.17. The molecular formula is C13H15BrN2S2. The van der Waals surface area contributed by atoms with Gasteiger partial charge in [0, 0.05) is 20.0 Å². The summed E-state index contributed by atoms with van der Waals surface area (Å²) in [5.74, 6) is 6.56. The lowest BCUT2D eigenvalue weighted by Gasteiger charge is -2.14. The molecule has 3 N–H and O–H groups in total. The Hall–Kier alpha value is -0.330. The van der Waals surface area contributed by atoms with E-state index >= 15 is 0 Å². The molecule has 1 aromatic carbocycles. The second kappa shape index (κ2) is 6.73. The topological polar surface area (TPSA) is 38.0 Å². The van der Waals surface area contributed by atoms with Gasteiger partial charge in [0.05, 0.1) is 6.04 Å². The van der Waals surface area contributed by atoms with Gasteiger partial charge in [-0.25, -0.2) is 0 Å². The average molecular weight is 343 g/mol. The van der Waals surface area contributed by atoms with E-state index in [4.69, 9.17) is 5.84 Å². The minimum absolute atomic E-state index is 0.193. The van der Waals surface area contributed by atoms with E-state index in [1.807, 2.05) is 12.1 Å². The summed E-state index contributed by atoms with van der Waals surface area (Å²) >= 11 is 7.05. The second-order valence-corrected chi connectivity index (χ2v) is 7.10. The van der Waals surface area contributed by atoms with Gasteiger partial charge in [-0.3, -0.25) is 11.3 Å². The maximum absolute atomic E-state index is 5.64. The number of thiophene rings is 1. The zero-order valence-electron chi connectivity index (χ0n) is 10.0. The second-order valence-electron chi connectivity index (χ2n) is 3.98. The van der Waals surface area contributed by atoms with Gasteiger partial charge in [-0.1, -0.05) is 22.0 Å². The number of halogens is 1. The largest absolute Gasteiger partial charge is 0.271 e. The lowest BCUT2D eigenvalue weighted by Crippen LogP contribution is -2.29. The lowest BCUT2D eigenvalue weighted by molar-refractivity contribution is 0.612. The van der Waals surface area contributed by atoms with Crippen LogP contribution >= 0.6 is 39.0 Å². The predicted molar refractivity (Wildman–Crippen MR) is 84.0 cm³/mol. The van der Waals surface area contributed by atoms with Crippen molar-refractivity contribution in [3.8, 4) is 0 Å². The average Bonchev–Trinajstić information content (AvgIpc) is 2.77. The van der Waals surface area contributed by atoms with Crippen LogP contribution in [0, 0.1) is 6.92 Å². The van der Waals surface area contributed by atoms with E-state index in [1.165, 1.54) is 15.3 Å². The van der Waals surface area contributed by atoms with E-state index in [-0.39, 0.29) is 6.04 Å². The molecule has 0 aliphatic carbocycles. The summed E-state index contributed by atoms with van der Waals surface area (Å²) in [4.78, 5) is 2.56. The summed E-state index contributed by atoms with van der Waals surface area (Å²) in [5.41, 5.74) is 4.16. The number of nitrogens with two attached hydrogens (primary N) is 1. The van der Waals surface area contributed by atoms with Gasteiger partial charge in [-0.15, -0.1) is 23.1 Å². The summed E-state index contributed by atoms with van der Waals surface area (Å²) in [6, 6.07) is 10.7. The predicted octanol–water partition coefficient (Wildman–Crippen LogP) is 4.12. The summed E-state index contributed by atoms with van der Waals surface area (Å²) < 4.78 is 1.11. The van der Waals surface area contributed by atoms with Gasteiger partial charge >= 0.3 is 0 Å². The van der Waals surface area contributed by atoms with Crippen molar-refractivity contribution in [2.24, 2.45) is 5.84 Å². The number of thioether (sulfide) groups is 1. The molecule has 0 radical (unpaired) electrons. The minimum Gasteiger partial charge on any atom is -0.271 e. The van der Waals surface area contributed by atoms with Crippen molar-refractivity contribution in [2.45, 2.75) is 17.9 Å². The van der Waals surface area contributed by atoms with Crippen molar-refractivity contribution in [3.63, 3.8) is 0 Å². The van der Waals surface area contributed by atoms with Gasteiger partial charge in [0.25, 0.3) is 0 Å². The fraction of sp³-hybridized carbons (Fsp3) is 0.231. The van der Waals surface area contributed by atoms with Crippen LogP contribution in [0.4, 0.5) is 0 Å². The molecule has 0 spiro atoms. The van der Waals surface area contributed by atoms with Crippen LogP contribution in [0.2, 0.25) is 0 Å². The SMILES string of the molecule is Cc1cc(C(CSc2cccc(Br)c2)NN)cs1. The molecule has 0 aliphatic heterocycles. The Morgan fingerprint density at radius 1 is 1.44 bits per heavy atom. The molecule has 0 fully saturated rings.